The Morgan fingerprint density at radius 1 is 1.00 bits per heavy atom. The number of aromatic nitrogens is 2. The molecule has 0 bridgehead atoms. The Labute approximate surface area is 130 Å². The molecule has 0 saturated carbocycles. The fourth-order valence-electron chi connectivity index (χ4n) is 2.90. The quantitative estimate of drug-likeness (QED) is 0.648. The van der Waals surface area contributed by atoms with Crippen LogP contribution in [0.2, 0.25) is 0 Å². The monoisotopic (exact) mass is 295 g/mol. The molecule has 0 fully saturated rings. The SMILES string of the molecule is Cc1cc(C)c(C[n+]2ccn(-c3ccc(F)cc3)c2)c(C)c1. The maximum Gasteiger partial charge on any atom is 0.249 e. The predicted octanol–water partition coefficient (Wildman–Crippen LogP) is 3.88. The van der Waals surface area contributed by atoms with Crippen LogP contribution < -0.4 is 4.57 Å². The molecule has 1 aromatic heterocycles. The van der Waals surface area contributed by atoms with Gasteiger partial charge in [-0.15, -0.1) is 0 Å². The third kappa shape index (κ3) is 2.93. The molecular formula is C19H20FN2+. The van der Waals surface area contributed by atoms with Gasteiger partial charge in [0.05, 0.1) is 0 Å². The van der Waals surface area contributed by atoms with Crippen LogP contribution in [0.15, 0.2) is 55.1 Å². The number of halogens is 1. The standard InChI is InChI=1S/C19H20FN2/c1-14-10-15(2)19(16(3)11-14)12-21-8-9-22(13-21)18-6-4-17(20)5-7-18/h4-11,13H,12H2,1-3H3/q+1. The van der Waals surface area contributed by atoms with Crippen molar-refractivity contribution in [2.24, 2.45) is 0 Å². The van der Waals surface area contributed by atoms with Crippen molar-refractivity contribution in [2.75, 3.05) is 0 Å². The van der Waals surface area contributed by atoms with Crippen molar-refractivity contribution in [3.05, 3.63) is 83.2 Å². The molecule has 0 radical (unpaired) electrons. The molecule has 0 saturated heterocycles. The fourth-order valence-corrected chi connectivity index (χ4v) is 2.90. The Morgan fingerprint density at radius 2 is 1.64 bits per heavy atom. The number of hydrogen-bond donors (Lipinski definition) is 0. The second-order valence-corrected chi connectivity index (χ2v) is 5.85. The van der Waals surface area contributed by atoms with Gasteiger partial charge < -0.3 is 0 Å². The fraction of sp³-hybridized carbons (Fsp3) is 0.211. The highest BCUT2D eigenvalue weighted by atomic mass is 19.1. The first-order chi connectivity index (χ1) is 10.5. The molecule has 1 heterocycles. The second kappa shape index (κ2) is 5.76. The Kier molecular flexibility index (Phi) is 3.80. The Morgan fingerprint density at radius 3 is 2.27 bits per heavy atom. The van der Waals surface area contributed by atoms with Crippen molar-refractivity contribution in [3.63, 3.8) is 0 Å². The molecule has 0 N–H and O–H groups in total. The first-order valence-electron chi connectivity index (χ1n) is 7.42. The lowest BCUT2D eigenvalue weighted by molar-refractivity contribution is -0.687. The summed E-state index contributed by atoms with van der Waals surface area (Å²) in [5.41, 5.74) is 6.25. The van der Waals surface area contributed by atoms with Crippen LogP contribution in [0.5, 0.6) is 0 Å². The predicted molar refractivity (Wildman–Crippen MR) is 85.7 cm³/mol. The van der Waals surface area contributed by atoms with E-state index in [1.54, 1.807) is 12.1 Å². The smallest absolute Gasteiger partial charge is 0.232 e. The van der Waals surface area contributed by atoms with E-state index in [1.165, 1.54) is 34.4 Å². The summed E-state index contributed by atoms with van der Waals surface area (Å²) in [6.45, 7) is 7.29. The molecular weight excluding hydrogens is 275 g/mol. The number of benzene rings is 2. The third-order valence-electron chi connectivity index (χ3n) is 4.00. The maximum atomic E-state index is 13.0. The van der Waals surface area contributed by atoms with E-state index in [4.69, 9.17) is 0 Å². The molecule has 2 nitrogen and oxygen atoms in total. The highest BCUT2D eigenvalue weighted by molar-refractivity contribution is 5.37. The van der Waals surface area contributed by atoms with E-state index in [0.29, 0.717) is 0 Å². The van der Waals surface area contributed by atoms with Gasteiger partial charge in [0.15, 0.2) is 0 Å². The van der Waals surface area contributed by atoms with Crippen LogP contribution in [-0.4, -0.2) is 4.57 Å². The van der Waals surface area contributed by atoms with Gasteiger partial charge in [-0.25, -0.2) is 13.5 Å². The molecule has 112 valence electrons. The van der Waals surface area contributed by atoms with E-state index in [-0.39, 0.29) is 5.82 Å². The molecule has 0 aliphatic heterocycles. The van der Waals surface area contributed by atoms with Crippen molar-refractivity contribution in [1.29, 1.82) is 0 Å². The summed E-state index contributed by atoms with van der Waals surface area (Å²) in [6, 6.07) is 11.0. The van der Waals surface area contributed by atoms with Crippen molar-refractivity contribution in [3.8, 4) is 5.69 Å². The van der Waals surface area contributed by atoms with E-state index in [0.717, 1.165) is 12.2 Å². The van der Waals surface area contributed by atoms with E-state index in [9.17, 15) is 4.39 Å². The van der Waals surface area contributed by atoms with Gasteiger partial charge in [-0.3, -0.25) is 0 Å². The topological polar surface area (TPSA) is 8.81 Å². The normalized spacial score (nSPS) is 10.9. The number of nitrogens with zero attached hydrogens (tertiary/aromatic N) is 2. The molecule has 0 spiro atoms. The van der Waals surface area contributed by atoms with Gasteiger partial charge in [0.2, 0.25) is 6.33 Å². The Bertz CT molecular complexity index is 778. The van der Waals surface area contributed by atoms with E-state index < -0.39 is 0 Å². The number of rotatable bonds is 3. The van der Waals surface area contributed by atoms with Crippen LogP contribution >= 0.6 is 0 Å². The Hall–Kier alpha value is -2.42. The average molecular weight is 295 g/mol. The van der Waals surface area contributed by atoms with Crippen molar-refractivity contribution < 1.29 is 8.96 Å². The summed E-state index contributed by atoms with van der Waals surface area (Å²) in [7, 11) is 0. The molecule has 0 aliphatic rings. The van der Waals surface area contributed by atoms with E-state index in [2.05, 4.69) is 37.5 Å². The molecule has 3 rings (SSSR count). The van der Waals surface area contributed by atoms with Gasteiger partial charge in [0.25, 0.3) is 0 Å². The molecule has 0 amide bonds. The summed E-state index contributed by atoms with van der Waals surface area (Å²) < 4.78 is 17.1. The molecule has 0 atom stereocenters. The minimum Gasteiger partial charge on any atom is -0.232 e. The van der Waals surface area contributed by atoms with E-state index in [1.807, 2.05) is 23.3 Å². The van der Waals surface area contributed by atoms with Gasteiger partial charge in [0, 0.05) is 0 Å². The van der Waals surface area contributed by atoms with Crippen LogP contribution in [0.1, 0.15) is 22.3 Å². The second-order valence-electron chi connectivity index (χ2n) is 5.85. The summed E-state index contributed by atoms with van der Waals surface area (Å²) in [5, 5.41) is 0. The summed E-state index contributed by atoms with van der Waals surface area (Å²) >= 11 is 0. The van der Waals surface area contributed by atoms with Crippen molar-refractivity contribution in [2.45, 2.75) is 27.3 Å². The molecule has 0 unspecified atom stereocenters. The third-order valence-corrected chi connectivity index (χ3v) is 4.00. The lowest BCUT2D eigenvalue weighted by Crippen LogP contribution is -2.32. The molecule has 0 aliphatic carbocycles. The van der Waals surface area contributed by atoms with Gasteiger partial charge in [-0.2, -0.15) is 0 Å². The molecule has 2 aromatic carbocycles. The van der Waals surface area contributed by atoms with Gasteiger partial charge in [0.1, 0.15) is 30.4 Å². The van der Waals surface area contributed by atoms with Crippen LogP contribution in [-0.2, 0) is 6.54 Å². The minimum atomic E-state index is -0.213. The number of imidazole rings is 1. The summed E-state index contributed by atoms with van der Waals surface area (Å²) in [4.78, 5) is 0. The molecule has 3 heteroatoms. The van der Waals surface area contributed by atoms with Gasteiger partial charge in [-0.05, 0) is 61.7 Å². The van der Waals surface area contributed by atoms with Crippen LogP contribution in [0.3, 0.4) is 0 Å². The zero-order valence-corrected chi connectivity index (χ0v) is 13.2. The van der Waals surface area contributed by atoms with Crippen LogP contribution in [0.4, 0.5) is 4.39 Å². The van der Waals surface area contributed by atoms with Gasteiger partial charge in [-0.1, -0.05) is 17.7 Å². The average Bonchev–Trinajstić information content (AvgIpc) is 2.92. The molecule has 22 heavy (non-hydrogen) atoms. The van der Waals surface area contributed by atoms with Crippen molar-refractivity contribution in [1.82, 2.24) is 4.57 Å². The highest BCUT2D eigenvalue weighted by Crippen LogP contribution is 2.16. The highest BCUT2D eigenvalue weighted by Gasteiger charge is 2.10. The summed E-state index contributed by atoms with van der Waals surface area (Å²) in [5.74, 6) is -0.213. The minimum absolute atomic E-state index is 0.213. The summed E-state index contributed by atoms with van der Waals surface area (Å²) in [6.07, 6.45) is 6.07. The van der Waals surface area contributed by atoms with Crippen LogP contribution in [0, 0.1) is 26.6 Å². The van der Waals surface area contributed by atoms with Crippen LogP contribution in [0.25, 0.3) is 5.69 Å². The zero-order valence-electron chi connectivity index (χ0n) is 13.2. The maximum absolute atomic E-state index is 13.0. The largest absolute Gasteiger partial charge is 0.249 e. The Balaban J connectivity index is 1.87. The number of hydrogen-bond acceptors (Lipinski definition) is 0. The first-order valence-corrected chi connectivity index (χ1v) is 7.42. The lowest BCUT2D eigenvalue weighted by atomic mass is 10.00. The lowest BCUT2D eigenvalue weighted by Gasteiger charge is -2.09. The van der Waals surface area contributed by atoms with Gasteiger partial charge >= 0.3 is 0 Å². The zero-order chi connectivity index (χ0) is 15.7. The molecule has 3 aromatic rings. The first kappa shape index (κ1) is 14.5. The number of aryl methyl sites for hydroxylation is 3. The van der Waals surface area contributed by atoms with E-state index >= 15 is 0 Å². The van der Waals surface area contributed by atoms with Crippen molar-refractivity contribution >= 4 is 0 Å².